The van der Waals surface area contributed by atoms with Crippen LogP contribution in [0.4, 0.5) is 0 Å². The Bertz CT molecular complexity index is 438. The molecule has 1 aliphatic carbocycles. The number of carbonyl (C=O) groups excluding carboxylic acids is 2. The van der Waals surface area contributed by atoms with Crippen molar-refractivity contribution in [3.05, 3.63) is 11.3 Å². The van der Waals surface area contributed by atoms with E-state index < -0.39 is 12.1 Å². The van der Waals surface area contributed by atoms with Crippen molar-refractivity contribution < 1.29 is 19.4 Å². The van der Waals surface area contributed by atoms with Gasteiger partial charge in [0.2, 0.25) is 0 Å². The number of cyclic esters (lactones) is 1. The van der Waals surface area contributed by atoms with E-state index in [0.29, 0.717) is 18.8 Å². The molecule has 0 spiro atoms. The van der Waals surface area contributed by atoms with E-state index in [1.807, 2.05) is 13.2 Å². The number of thioether (sulfide) groups is 1. The molecule has 1 fully saturated rings. The standard InChI is InChI=1S/C16H24O4S/c1-10(21-2)8-13-15(18)14(16(19)20-13)12(17)9-11-6-4-3-5-7-11/h10-11,13,18H,3-9H2,1-2H3. The molecule has 0 saturated heterocycles. The summed E-state index contributed by atoms with van der Waals surface area (Å²) in [5.74, 6) is -0.694. The molecule has 21 heavy (non-hydrogen) atoms. The van der Waals surface area contributed by atoms with Crippen LogP contribution in [0.5, 0.6) is 0 Å². The lowest BCUT2D eigenvalue weighted by Crippen LogP contribution is -2.17. The highest BCUT2D eigenvalue weighted by Gasteiger charge is 2.39. The summed E-state index contributed by atoms with van der Waals surface area (Å²) in [6.45, 7) is 2.01. The van der Waals surface area contributed by atoms with Gasteiger partial charge in [-0.1, -0.05) is 39.0 Å². The van der Waals surface area contributed by atoms with E-state index in [1.54, 1.807) is 11.8 Å². The predicted molar refractivity (Wildman–Crippen MR) is 83.3 cm³/mol. The predicted octanol–water partition coefficient (Wildman–Crippen LogP) is 3.41. The molecule has 0 bridgehead atoms. The zero-order chi connectivity index (χ0) is 15.4. The average molecular weight is 312 g/mol. The van der Waals surface area contributed by atoms with Gasteiger partial charge in [-0.05, 0) is 12.2 Å². The number of carbonyl (C=O) groups is 2. The van der Waals surface area contributed by atoms with Gasteiger partial charge in [0, 0.05) is 18.1 Å². The third-order valence-corrected chi connectivity index (χ3v) is 5.44. The van der Waals surface area contributed by atoms with Gasteiger partial charge >= 0.3 is 5.97 Å². The number of aliphatic hydroxyl groups excluding tert-OH is 1. The summed E-state index contributed by atoms with van der Waals surface area (Å²) in [5, 5.41) is 10.4. The molecule has 1 aliphatic heterocycles. The van der Waals surface area contributed by atoms with E-state index in [-0.39, 0.29) is 22.4 Å². The first-order chi connectivity index (χ1) is 10.0. The Balaban J connectivity index is 2.01. The Morgan fingerprint density at radius 1 is 1.38 bits per heavy atom. The first kappa shape index (κ1) is 16.4. The molecule has 0 aromatic carbocycles. The van der Waals surface area contributed by atoms with Gasteiger partial charge in [0.1, 0.15) is 5.57 Å². The highest BCUT2D eigenvalue weighted by atomic mass is 32.2. The molecule has 2 aliphatic rings. The van der Waals surface area contributed by atoms with Crippen molar-refractivity contribution in [3.63, 3.8) is 0 Å². The Hall–Kier alpha value is -0.970. The second kappa shape index (κ2) is 7.34. The van der Waals surface area contributed by atoms with Gasteiger partial charge in [0.25, 0.3) is 0 Å². The van der Waals surface area contributed by atoms with Crippen molar-refractivity contribution in [3.8, 4) is 0 Å². The second-order valence-corrected chi connectivity index (χ2v) is 7.34. The third-order valence-electron chi connectivity index (χ3n) is 4.44. The topological polar surface area (TPSA) is 63.6 Å². The fraction of sp³-hybridized carbons (Fsp3) is 0.750. The van der Waals surface area contributed by atoms with Crippen molar-refractivity contribution in [2.75, 3.05) is 6.26 Å². The minimum atomic E-state index is -0.648. The van der Waals surface area contributed by atoms with Crippen LogP contribution >= 0.6 is 11.8 Å². The SMILES string of the molecule is CSC(C)CC1OC(=O)C(C(=O)CC2CCCCC2)=C1O. The summed E-state index contributed by atoms with van der Waals surface area (Å²) < 4.78 is 5.17. The van der Waals surface area contributed by atoms with Crippen LogP contribution in [0.15, 0.2) is 11.3 Å². The van der Waals surface area contributed by atoms with E-state index >= 15 is 0 Å². The van der Waals surface area contributed by atoms with E-state index in [2.05, 4.69) is 0 Å². The normalized spacial score (nSPS) is 25.0. The monoisotopic (exact) mass is 312 g/mol. The lowest BCUT2D eigenvalue weighted by Gasteiger charge is -2.20. The van der Waals surface area contributed by atoms with E-state index in [1.165, 1.54) is 6.42 Å². The zero-order valence-corrected chi connectivity index (χ0v) is 13.6. The van der Waals surface area contributed by atoms with E-state index in [9.17, 15) is 14.7 Å². The molecular formula is C16H24O4S. The Morgan fingerprint density at radius 2 is 2.05 bits per heavy atom. The molecule has 1 heterocycles. The molecular weight excluding hydrogens is 288 g/mol. The van der Waals surface area contributed by atoms with Crippen LogP contribution in [0.1, 0.15) is 51.9 Å². The van der Waals surface area contributed by atoms with Crippen molar-refractivity contribution >= 4 is 23.5 Å². The maximum absolute atomic E-state index is 12.3. The minimum Gasteiger partial charge on any atom is -0.507 e. The number of rotatable bonds is 6. The van der Waals surface area contributed by atoms with Crippen molar-refractivity contribution in [1.29, 1.82) is 0 Å². The molecule has 118 valence electrons. The van der Waals surface area contributed by atoms with E-state index in [0.717, 1.165) is 25.7 Å². The molecule has 0 aromatic rings. The number of ether oxygens (including phenoxy) is 1. The lowest BCUT2D eigenvalue weighted by molar-refractivity contribution is -0.141. The first-order valence-electron chi connectivity index (χ1n) is 7.73. The maximum Gasteiger partial charge on any atom is 0.346 e. The molecule has 1 saturated carbocycles. The number of hydrogen-bond donors (Lipinski definition) is 1. The van der Waals surface area contributed by atoms with Crippen LogP contribution in [0.25, 0.3) is 0 Å². The molecule has 2 atom stereocenters. The van der Waals surface area contributed by atoms with Crippen LogP contribution in [0, 0.1) is 5.92 Å². The summed E-state index contributed by atoms with van der Waals surface area (Å²) in [7, 11) is 0. The van der Waals surface area contributed by atoms with Gasteiger partial charge in [-0.3, -0.25) is 4.79 Å². The Kier molecular flexibility index (Phi) is 5.73. The first-order valence-corrected chi connectivity index (χ1v) is 9.01. The number of Topliss-reactive ketones (excluding diaryl/α,β-unsaturated/α-hetero) is 1. The maximum atomic E-state index is 12.3. The summed E-state index contributed by atoms with van der Waals surface area (Å²) in [6.07, 6.45) is 7.85. The van der Waals surface area contributed by atoms with Gasteiger partial charge < -0.3 is 9.84 Å². The third kappa shape index (κ3) is 4.02. The molecule has 0 amide bonds. The van der Waals surface area contributed by atoms with Crippen LogP contribution in [-0.4, -0.2) is 34.5 Å². The largest absolute Gasteiger partial charge is 0.507 e. The average Bonchev–Trinajstić information content (AvgIpc) is 2.74. The minimum absolute atomic E-state index is 0.0983. The van der Waals surface area contributed by atoms with E-state index in [4.69, 9.17) is 4.74 Å². The second-order valence-electron chi connectivity index (χ2n) is 6.07. The number of aliphatic hydroxyl groups is 1. The fourth-order valence-electron chi connectivity index (χ4n) is 3.08. The van der Waals surface area contributed by atoms with Gasteiger partial charge in [-0.15, -0.1) is 0 Å². The highest BCUT2D eigenvalue weighted by Crippen LogP contribution is 2.31. The number of hydrogen-bond acceptors (Lipinski definition) is 5. The van der Waals surface area contributed by atoms with Crippen molar-refractivity contribution in [1.82, 2.24) is 0 Å². The molecule has 5 heteroatoms. The summed E-state index contributed by atoms with van der Waals surface area (Å²) in [6, 6.07) is 0. The summed E-state index contributed by atoms with van der Waals surface area (Å²) in [4.78, 5) is 24.2. The van der Waals surface area contributed by atoms with Crippen LogP contribution < -0.4 is 0 Å². The van der Waals surface area contributed by atoms with Gasteiger partial charge in [-0.25, -0.2) is 4.79 Å². The van der Waals surface area contributed by atoms with Crippen molar-refractivity contribution in [2.24, 2.45) is 5.92 Å². The summed E-state index contributed by atoms with van der Waals surface area (Å²) >= 11 is 1.64. The molecule has 2 unspecified atom stereocenters. The smallest absolute Gasteiger partial charge is 0.346 e. The van der Waals surface area contributed by atoms with Crippen LogP contribution in [0.3, 0.4) is 0 Å². The summed E-state index contributed by atoms with van der Waals surface area (Å²) in [5.41, 5.74) is -0.0983. The lowest BCUT2D eigenvalue weighted by atomic mass is 9.84. The molecule has 0 aromatic heterocycles. The van der Waals surface area contributed by atoms with Gasteiger partial charge in [-0.2, -0.15) is 11.8 Å². The molecule has 4 nitrogen and oxygen atoms in total. The Labute approximate surface area is 130 Å². The molecule has 0 radical (unpaired) electrons. The Morgan fingerprint density at radius 3 is 2.67 bits per heavy atom. The van der Waals surface area contributed by atoms with Crippen LogP contribution in [-0.2, 0) is 14.3 Å². The fourth-order valence-corrected chi connectivity index (χ4v) is 3.45. The highest BCUT2D eigenvalue weighted by molar-refractivity contribution is 7.99. The number of esters is 1. The quantitative estimate of drug-likeness (QED) is 0.601. The molecule has 1 N–H and O–H groups in total. The zero-order valence-electron chi connectivity index (χ0n) is 12.8. The number of ketones is 1. The van der Waals surface area contributed by atoms with Crippen LogP contribution in [0.2, 0.25) is 0 Å². The molecule has 2 rings (SSSR count). The van der Waals surface area contributed by atoms with Crippen molar-refractivity contribution in [2.45, 2.75) is 63.2 Å². The van der Waals surface area contributed by atoms with Gasteiger partial charge in [0.15, 0.2) is 17.6 Å². The van der Waals surface area contributed by atoms with Gasteiger partial charge in [0.05, 0.1) is 0 Å².